The molecule has 5 heteroatoms. The van der Waals surface area contributed by atoms with Gasteiger partial charge in [0.05, 0.1) is 25.4 Å². The van der Waals surface area contributed by atoms with Gasteiger partial charge in [0.2, 0.25) is 0 Å². The summed E-state index contributed by atoms with van der Waals surface area (Å²) in [4.78, 5) is 12.6. The zero-order valence-electron chi connectivity index (χ0n) is 13.3. The number of aromatic nitrogens is 1. The molecule has 1 N–H and O–H groups in total. The average Bonchev–Trinajstić information content (AvgIpc) is 2.92. The van der Waals surface area contributed by atoms with Crippen LogP contribution in [-0.2, 0) is 7.05 Å². The highest BCUT2D eigenvalue weighted by Gasteiger charge is 2.16. The molecule has 118 valence electrons. The van der Waals surface area contributed by atoms with Crippen LogP contribution in [0.15, 0.2) is 48.5 Å². The minimum absolute atomic E-state index is 0.199. The lowest BCUT2D eigenvalue weighted by molar-refractivity contribution is 0.101. The van der Waals surface area contributed by atoms with E-state index in [9.17, 15) is 4.79 Å². The maximum Gasteiger partial charge on any atom is 0.272 e. The number of amides is 1. The molecule has 23 heavy (non-hydrogen) atoms. The highest BCUT2D eigenvalue weighted by molar-refractivity contribution is 6.07. The van der Waals surface area contributed by atoms with Gasteiger partial charge in [-0.1, -0.05) is 18.2 Å². The summed E-state index contributed by atoms with van der Waals surface area (Å²) in [6.45, 7) is 0. The molecular weight excluding hydrogens is 292 g/mol. The van der Waals surface area contributed by atoms with E-state index < -0.39 is 0 Å². The van der Waals surface area contributed by atoms with Crippen molar-refractivity contribution in [2.24, 2.45) is 7.05 Å². The van der Waals surface area contributed by atoms with E-state index in [-0.39, 0.29) is 5.91 Å². The van der Waals surface area contributed by atoms with E-state index in [4.69, 9.17) is 9.47 Å². The molecule has 1 amide bonds. The molecule has 2 aromatic carbocycles. The van der Waals surface area contributed by atoms with Crippen molar-refractivity contribution >= 4 is 22.5 Å². The summed E-state index contributed by atoms with van der Waals surface area (Å²) in [5, 5.41) is 3.80. The van der Waals surface area contributed by atoms with E-state index in [0.29, 0.717) is 17.1 Å². The first-order chi connectivity index (χ1) is 11.2. The summed E-state index contributed by atoms with van der Waals surface area (Å²) in [6.07, 6.45) is 0. The maximum atomic E-state index is 12.6. The van der Waals surface area contributed by atoms with Gasteiger partial charge in [-0.3, -0.25) is 4.79 Å². The fourth-order valence-electron chi connectivity index (χ4n) is 2.66. The van der Waals surface area contributed by atoms with Crippen molar-refractivity contribution in [1.29, 1.82) is 0 Å². The van der Waals surface area contributed by atoms with Crippen LogP contribution >= 0.6 is 0 Å². The molecule has 1 aromatic heterocycles. The van der Waals surface area contributed by atoms with Gasteiger partial charge >= 0.3 is 0 Å². The van der Waals surface area contributed by atoms with Crippen molar-refractivity contribution in [1.82, 2.24) is 4.57 Å². The van der Waals surface area contributed by atoms with Crippen LogP contribution in [0.5, 0.6) is 11.5 Å². The van der Waals surface area contributed by atoms with Gasteiger partial charge in [0.1, 0.15) is 17.2 Å². The zero-order valence-corrected chi connectivity index (χ0v) is 13.3. The number of nitrogens with one attached hydrogen (secondary N) is 1. The van der Waals surface area contributed by atoms with Crippen LogP contribution < -0.4 is 14.8 Å². The molecule has 0 spiro atoms. The number of ether oxygens (including phenoxy) is 2. The van der Waals surface area contributed by atoms with Gasteiger partial charge in [0.15, 0.2) is 0 Å². The third-order valence-electron chi connectivity index (χ3n) is 3.85. The molecule has 0 saturated carbocycles. The minimum Gasteiger partial charge on any atom is -0.496 e. The molecule has 0 fully saturated rings. The van der Waals surface area contributed by atoms with Crippen LogP contribution in [-0.4, -0.2) is 24.7 Å². The van der Waals surface area contributed by atoms with Gasteiger partial charge in [0.25, 0.3) is 5.91 Å². The number of methoxy groups -OCH3 is 2. The number of hydrogen-bond donors (Lipinski definition) is 1. The Morgan fingerprint density at radius 1 is 1.00 bits per heavy atom. The highest BCUT2D eigenvalue weighted by Crippen LogP contribution is 2.29. The SMILES string of the molecule is COc1ccccc1NC(=O)c1cc2c(OC)cccc2n1C. The lowest BCUT2D eigenvalue weighted by Gasteiger charge is -2.10. The Morgan fingerprint density at radius 3 is 2.43 bits per heavy atom. The summed E-state index contributed by atoms with van der Waals surface area (Å²) in [7, 11) is 5.06. The first-order valence-electron chi connectivity index (χ1n) is 7.22. The number of nitrogens with zero attached hydrogens (tertiary/aromatic N) is 1. The topological polar surface area (TPSA) is 52.5 Å². The Kier molecular flexibility index (Phi) is 3.93. The molecule has 0 aliphatic rings. The molecule has 3 aromatic rings. The fourth-order valence-corrected chi connectivity index (χ4v) is 2.66. The Labute approximate surface area is 134 Å². The molecule has 1 heterocycles. The van der Waals surface area contributed by atoms with Gasteiger partial charge in [-0.15, -0.1) is 0 Å². The molecule has 0 atom stereocenters. The third kappa shape index (κ3) is 2.61. The van der Waals surface area contributed by atoms with Crippen molar-refractivity contribution in [3.05, 3.63) is 54.2 Å². The third-order valence-corrected chi connectivity index (χ3v) is 3.85. The van der Waals surface area contributed by atoms with Crippen molar-refractivity contribution in [2.75, 3.05) is 19.5 Å². The number of para-hydroxylation sites is 2. The van der Waals surface area contributed by atoms with E-state index in [1.165, 1.54) is 0 Å². The van der Waals surface area contributed by atoms with E-state index in [1.807, 2.05) is 48.0 Å². The molecule has 0 aliphatic heterocycles. The first-order valence-corrected chi connectivity index (χ1v) is 7.22. The highest BCUT2D eigenvalue weighted by atomic mass is 16.5. The molecular formula is C18H18N2O3. The van der Waals surface area contributed by atoms with E-state index in [0.717, 1.165) is 16.7 Å². The number of hydrogen-bond acceptors (Lipinski definition) is 3. The van der Waals surface area contributed by atoms with Crippen molar-refractivity contribution < 1.29 is 14.3 Å². The maximum absolute atomic E-state index is 12.6. The zero-order chi connectivity index (χ0) is 16.4. The Morgan fingerprint density at radius 2 is 1.70 bits per heavy atom. The van der Waals surface area contributed by atoms with Gasteiger partial charge in [-0.25, -0.2) is 0 Å². The second-order valence-electron chi connectivity index (χ2n) is 5.14. The fraction of sp³-hybridized carbons (Fsp3) is 0.167. The molecule has 0 aliphatic carbocycles. The number of anilines is 1. The number of carbonyl (C=O) groups excluding carboxylic acids is 1. The summed E-state index contributed by atoms with van der Waals surface area (Å²) in [5.41, 5.74) is 2.13. The molecule has 0 bridgehead atoms. The van der Waals surface area contributed by atoms with Crippen molar-refractivity contribution in [3.63, 3.8) is 0 Å². The minimum atomic E-state index is -0.199. The standard InChI is InChI=1S/C18H18N2O3/c1-20-14-8-6-10-16(22-2)12(14)11-15(20)18(21)19-13-7-4-5-9-17(13)23-3/h4-11H,1-3H3,(H,19,21). The van der Waals surface area contributed by atoms with Gasteiger partial charge in [-0.05, 0) is 30.3 Å². The lowest BCUT2D eigenvalue weighted by Crippen LogP contribution is -2.16. The molecule has 0 unspecified atom stereocenters. The van der Waals surface area contributed by atoms with Gasteiger partial charge in [-0.2, -0.15) is 0 Å². The van der Waals surface area contributed by atoms with Crippen LogP contribution in [0, 0.1) is 0 Å². The molecule has 3 rings (SSSR count). The number of rotatable bonds is 4. The summed E-state index contributed by atoms with van der Waals surface area (Å²) in [5.74, 6) is 1.17. The normalized spacial score (nSPS) is 10.6. The monoisotopic (exact) mass is 310 g/mol. The Hall–Kier alpha value is -2.95. The van der Waals surface area contributed by atoms with E-state index in [2.05, 4.69) is 5.32 Å². The summed E-state index contributed by atoms with van der Waals surface area (Å²) in [6, 6.07) is 14.9. The first kappa shape index (κ1) is 15.0. The summed E-state index contributed by atoms with van der Waals surface area (Å²) < 4.78 is 12.5. The molecule has 0 radical (unpaired) electrons. The number of carbonyl (C=O) groups is 1. The predicted molar refractivity (Wildman–Crippen MR) is 90.4 cm³/mol. The van der Waals surface area contributed by atoms with Crippen LogP contribution in [0.1, 0.15) is 10.5 Å². The van der Waals surface area contributed by atoms with Crippen molar-refractivity contribution in [2.45, 2.75) is 0 Å². The Balaban J connectivity index is 2.00. The second kappa shape index (κ2) is 6.04. The molecule has 5 nitrogen and oxygen atoms in total. The lowest BCUT2D eigenvalue weighted by atomic mass is 10.2. The van der Waals surface area contributed by atoms with Crippen LogP contribution in [0.4, 0.5) is 5.69 Å². The van der Waals surface area contributed by atoms with Crippen LogP contribution in [0.2, 0.25) is 0 Å². The van der Waals surface area contributed by atoms with Gasteiger partial charge < -0.3 is 19.4 Å². The molecule has 0 saturated heterocycles. The largest absolute Gasteiger partial charge is 0.496 e. The van der Waals surface area contributed by atoms with Crippen LogP contribution in [0.3, 0.4) is 0 Å². The quantitative estimate of drug-likeness (QED) is 0.803. The number of aryl methyl sites for hydroxylation is 1. The predicted octanol–water partition coefficient (Wildman–Crippen LogP) is 3.45. The Bertz CT molecular complexity index is 868. The number of fused-ring (bicyclic) bond motifs is 1. The van der Waals surface area contributed by atoms with Crippen molar-refractivity contribution in [3.8, 4) is 11.5 Å². The van der Waals surface area contributed by atoms with E-state index in [1.54, 1.807) is 26.4 Å². The van der Waals surface area contributed by atoms with Gasteiger partial charge in [0, 0.05) is 12.4 Å². The smallest absolute Gasteiger partial charge is 0.272 e. The van der Waals surface area contributed by atoms with E-state index >= 15 is 0 Å². The van der Waals surface area contributed by atoms with Crippen LogP contribution in [0.25, 0.3) is 10.9 Å². The summed E-state index contributed by atoms with van der Waals surface area (Å²) >= 11 is 0. The average molecular weight is 310 g/mol. The second-order valence-corrected chi connectivity index (χ2v) is 5.14. The number of benzene rings is 2.